The van der Waals surface area contributed by atoms with Crippen molar-refractivity contribution in [1.29, 1.82) is 0 Å². The lowest BCUT2D eigenvalue weighted by Gasteiger charge is -2.49. The van der Waals surface area contributed by atoms with E-state index in [1.54, 1.807) is 112 Å². The molecule has 17 nitrogen and oxygen atoms in total. The molecule has 0 aromatic heterocycles. The first-order valence-corrected chi connectivity index (χ1v) is 25.0. The molecule has 0 unspecified atom stereocenters. The van der Waals surface area contributed by atoms with Crippen molar-refractivity contribution >= 4 is 17.9 Å². The van der Waals surface area contributed by atoms with Crippen LogP contribution in [0.5, 0.6) is 11.5 Å². The van der Waals surface area contributed by atoms with E-state index in [1.165, 1.54) is 24.3 Å². The van der Waals surface area contributed by atoms with Gasteiger partial charge in [-0.1, -0.05) is 115 Å². The second kappa shape index (κ2) is 25.7. The molecule has 0 saturated carbocycles. The van der Waals surface area contributed by atoms with Gasteiger partial charge in [-0.2, -0.15) is 0 Å². The maximum atomic E-state index is 14.2. The molecule has 0 bridgehead atoms. The molecular formula is C59H60O17. The zero-order valence-corrected chi connectivity index (χ0v) is 42.0. The van der Waals surface area contributed by atoms with Gasteiger partial charge in [0.15, 0.2) is 30.9 Å². The highest BCUT2D eigenvalue weighted by atomic mass is 16.8. The number of hydrogen-bond acceptors (Lipinski definition) is 17. The number of ether oxygens (including phenoxy) is 12. The number of methoxy groups -OCH3 is 1. The Morgan fingerprint density at radius 1 is 0.461 bits per heavy atom. The van der Waals surface area contributed by atoms with Gasteiger partial charge in [0, 0.05) is 0 Å². The monoisotopic (exact) mass is 1040 g/mol. The summed E-state index contributed by atoms with van der Waals surface area (Å²) in [7, 11) is 1.56. The zero-order chi connectivity index (χ0) is 53.0. The lowest BCUT2D eigenvalue weighted by Crippen LogP contribution is -2.66. The molecule has 0 spiro atoms. The van der Waals surface area contributed by atoms with Crippen LogP contribution in [-0.2, 0) is 60.6 Å². The van der Waals surface area contributed by atoms with Gasteiger partial charge >= 0.3 is 17.9 Å². The van der Waals surface area contributed by atoms with Gasteiger partial charge in [0.05, 0.1) is 55.8 Å². The van der Waals surface area contributed by atoms with Crippen LogP contribution in [0.2, 0.25) is 0 Å². The van der Waals surface area contributed by atoms with Crippen LogP contribution in [-0.4, -0.2) is 128 Å². The van der Waals surface area contributed by atoms with Gasteiger partial charge in [-0.25, -0.2) is 14.4 Å². The minimum absolute atomic E-state index is 0.0745. The summed E-state index contributed by atoms with van der Waals surface area (Å²) in [5.74, 6) is -1.47. The third kappa shape index (κ3) is 13.3. The number of aliphatic hydroxyl groups excluding tert-OH is 2. The maximum Gasteiger partial charge on any atom is 0.338 e. The van der Waals surface area contributed by atoms with Crippen LogP contribution in [0.1, 0.15) is 56.0 Å². The van der Waals surface area contributed by atoms with Crippen molar-refractivity contribution in [3.63, 3.8) is 0 Å². The Bertz CT molecular complexity index is 2760. The summed E-state index contributed by atoms with van der Waals surface area (Å²) < 4.78 is 76.9. The minimum Gasteiger partial charge on any atom is -0.497 e. The van der Waals surface area contributed by atoms with E-state index in [4.69, 9.17) is 56.8 Å². The molecule has 14 atom stereocenters. The Hall–Kier alpha value is -7.03. The van der Waals surface area contributed by atoms with Gasteiger partial charge < -0.3 is 67.1 Å². The number of rotatable bonds is 19. The van der Waals surface area contributed by atoms with Crippen molar-refractivity contribution in [3.8, 4) is 11.5 Å². The zero-order valence-electron chi connectivity index (χ0n) is 42.0. The Kier molecular flexibility index (Phi) is 18.2. The Balaban J connectivity index is 1.08. The first kappa shape index (κ1) is 53.8. The van der Waals surface area contributed by atoms with Crippen molar-refractivity contribution in [2.24, 2.45) is 0 Å². The molecule has 17 heteroatoms. The number of aliphatic hydroxyl groups is 2. The number of carbonyl (C=O) groups excluding carboxylic acids is 3. The van der Waals surface area contributed by atoms with E-state index in [2.05, 4.69) is 0 Å². The molecule has 0 aliphatic carbocycles. The standard InChI is InChI=1S/C59H60O17/c1-36-47(66-33-38-19-9-4-10-20-38)50(52(67-34-39-21-11-5-12-22-39)58(69-36)71-44-31-29-43(65-3)30-32-44)76-57-49(46(61)45(60)35-68-57)75-59-53(74-56(64)42-27-17-8-18-28-42)51(73-55(63)41-25-15-7-16-26-41)48(37(2)70-59)72-54(62)40-23-13-6-14-24-40/h4-32,36-37,45-53,57-61H,33-35H2,1-3H3/t36-,37-,45-,46+,47-,48-,49-,50+,51+,52-,53-,57+,58-,59+/m1/s1. The van der Waals surface area contributed by atoms with E-state index in [1.807, 2.05) is 60.7 Å². The van der Waals surface area contributed by atoms with Gasteiger partial charge in [-0.05, 0) is 85.6 Å². The average Bonchev–Trinajstić information content (AvgIpc) is 3.46. The fourth-order valence-electron chi connectivity index (χ4n) is 9.09. The highest BCUT2D eigenvalue weighted by molar-refractivity contribution is 5.91. The Morgan fingerprint density at radius 3 is 1.39 bits per heavy atom. The summed E-state index contributed by atoms with van der Waals surface area (Å²) in [5, 5.41) is 23.3. The lowest BCUT2D eigenvalue weighted by molar-refractivity contribution is -0.376. The first-order valence-electron chi connectivity index (χ1n) is 25.0. The molecule has 6 aromatic rings. The first-order chi connectivity index (χ1) is 37.0. The molecule has 0 amide bonds. The van der Waals surface area contributed by atoms with Crippen LogP contribution in [0.3, 0.4) is 0 Å². The highest BCUT2D eigenvalue weighted by Gasteiger charge is 2.56. The molecule has 76 heavy (non-hydrogen) atoms. The van der Waals surface area contributed by atoms with Crippen LogP contribution in [0, 0.1) is 0 Å². The van der Waals surface area contributed by atoms with Crippen molar-refractivity contribution in [3.05, 3.63) is 204 Å². The van der Waals surface area contributed by atoms with E-state index in [0.29, 0.717) is 11.5 Å². The summed E-state index contributed by atoms with van der Waals surface area (Å²) in [5.41, 5.74) is 2.13. The van der Waals surface area contributed by atoms with Crippen LogP contribution in [0.4, 0.5) is 0 Å². The van der Waals surface area contributed by atoms with E-state index in [9.17, 15) is 24.6 Å². The van der Waals surface area contributed by atoms with Crippen LogP contribution in [0.15, 0.2) is 176 Å². The Morgan fingerprint density at radius 2 is 0.882 bits per heavy atom. The summed E-state index contributed by atoms with van der Waals surface area (Å²) in [6, 6.07) is 50.2. The third-order valence-corrected chi connectivity index (χ3v) is 13.1. The van der Waals surface area contributed by atoms with Crippen LogP contribution >= 0.6 is 0 Å². The molecule has 9 rings (SSSR count). The van der Waals surface area contributed by atoms with Gasteiger partial charge in [0.1, 0.15) is 48.1 Å². The normalized spacial score (nSPS) is 28.3. The average molecular weight is 1040 g/mol. The quantitative estimate of drug-likeness (QED) is 0.0606. The number of carbonyl (C=O) groups is 3. The van der Waals surface area contributed by atoms with E-state index in [-0.39, 0.29) is 29.9 Å². The smallest absolute Gasteiger partial charge is 0.338 e. The topological polar surface area (TPSA) is 202 Å². The molecule has 3 saturated heterocycles. The molecule has 3 aliphatic rings. The second-order valence-electron chi connectivity index (χ2n) is 18.4. The van der Waals surface area contributed by atoms with E-state index >= 15 is 0 Å². The summed E-state index contributed by atoms with van der Waals surface area (Å²) in [4.78, 5) is 42.1. The van der Waals surface area contributed by atoms with E-state index < -0.39 is 111 Å². The third-order valence-electron chi connectivity index (χ3n) is 13.1. The lowest BCUT2D eigenvalue weighted by atomic mass is 9.97. The predicted molar refractivity (Wildman–Crippen MR) is 271 cm³/mol. The fraction of sp³-hybridized carbons (Fsp3) is 0.339. The van der Waals surface area contributed by atoms with Gasteiger partial charge in [0.2, 0.25) is 6.29 Å². The summed E-state index contributed by atoms with van der Waals surface area (Å²) in [6.07, 6.45) is -19.0. The van der Waals surface area contributed by atoms with Gasteiger partial charge in [-0.15, -0.1) is 0 Å². The number of benzene rings is 6. The van der Waals surface area contributed by atoms with Crippen LogP contribution in [0.25, 0.3) is 0 Å². The molecule has 6 aromatic carbocycles. The van der Waals surface area contributed by atoms with Gasteiger partial charge in [0.25, 0.3) is 0 Å². The molecule has 2 N–H and O–H groups in total. The van der Waals surface area contributed by atoms with Crippen molar-refractivity contribution in [1.82, 2.24) is 0 Å². The fourth-order valence-corrected chi connectivity index (χ4v) is 9.09. The SMILES string of the molecule is COc1ccc(O[C@H]2O[C@H](C)[C@@H](OCc3ccccc3)[C@H](O[C@@H]3OC[C@@H](O)[C@H](O)[C@H]3O[C@@H]3O[C@H](C)[C@@H](OC(=O)c4ccccc4)[C@H](OC(=O)c4ccccc4)[C@H]3OC(=O)c3ccccc3)[C@H]2OCc2ccccc2)cc1. The second-order valence-corrected chi connectivity index (χ2v) is 18.4. The van der Waals surface area contributed by atoms with E-state index in [0.717, 1.165) is 11.1 Å². The molecule has 3 fully saturated rings. The maximum absolute atomic E-state index is 14.2. The molecular weight excluding hydrogens is 981 g/mol. The molecule has 3 heterocycles. The van der Waals surface area contributed by atoms with Gasteiger partial charge in [-0.3, -0.25) is 0 Å². The molecule has 398 valence electrons. The van der Waals surface area contributed by atoms with Crippen molar-refractivity contribution < 1.29 is 81.4 Å². The molecule has 0 radical (unpaired) electrons. The number of hydrogen-bond donors (Lipinski definition) is 2. The van der Waals surface area contributed by atoms with Crippen molar-refractivity contribution in [2.75, 3.05) is 13.7 Å². The summed E-state index contributed by atoms with van der Waals surface area (Å²) >= 11 is 0. The van der Waals surface area contributed by atoms with Crippen molar-refractivity contribution in [2.45, 2.75) is 113 Å². The summed E-state index contributed by atoms with van der Waals surface area (Å²) in [6.45, 7) is 3.15. The minimum atomic E-state index is -1.74. The largest absolute Gasteiger partial charge is 0.497 e. The highest BCUT2D eigenvalue weighted by Crippen LogP contribution is 2.37. The predicted octanol–water partition coefficient (Wildman–Crippen LogP) is 7.26. The van der Waals surface area contributed by atoms with Crippen LogP contribution < -0.4 is 9.47 Å². The Labute approximate surface area is 440 Å². The molecule has 3 aliphatic heterocycles. The number of esters is 3.